The van der Waals surface area contributed by atoms with Crippen molar-refractivity contribution < 1.29 is 14.0 Å². The smallest absolute Gasteiger partial charge is 0.149 e. The van der Waals surface area contributed by atoms with E-state index < -0.39 is 11.6 Å². The number of hydrogen-bond donors (Lipinski definition) is 1. The Hall–Kier alpha value is -0.970. The first-order chi connectivity index (χ1) is 5.66. The van der Waals surface area contributed by atoms with Crippen LogP contribution in [0, 0.1) is 11.6 Å². The molecule has 2 nitrogen and oxygen atoms in total. The van der Waals surface area contributed by atoms with Crippen molar-refractivity contribution in [3.05, 3.63) is 33.8 Å². The number of nitrogens with zero attached hydrogens (tertiary/aromatic N) is 1. The molecule has 1 aromatic carbocycles. The zero-order valence-corrected chi connectivity index (χ0v) is 7.35. The third kappa shape index (κ3) is 1.61. The van der Waals surface area contributed by atoms with Gasteiger partial charge in [-0.15, -0.1) is 0 Å². The number of rotatable bonds is 1. The lowest BCUT2D eigenvalue weighted by atomic mass is 10.2. The molecule has 0 unspecified atom stereocenters. The van der Waals surface area contributed by atoms with Crippen LogP contribution >= 0.6 is 15.9 Å². The Morgan fingerprint density at radius 1 is 1.42 bits per heavy atom. The van der Waals surface area contributed by atoms with E-state index in [2.05, 4.69) is 21.1 Å². The SMILES string of the molecule is ON=Cc1c(F)ccc(Br)c1F. The van der Waals surface area contributed by atoms with Crippen molar-refractivity contribution in [1.82, 2.24) is 0 Å². The van der Waals surface area contributed by atoms with Crippen LogP contribution in [0.1, 0.15) is 5.56 Å². The van der Waals surface area contributed by atoms with Crippen LogP contribution < -0.4 is 0 Å². The Morgan fingerprint density at radius 2 is 2.08 bits per heavy atom. The molecule has 0 aromatic heterocycles. The van der Waals surface area contributed by atoms with E-state index in [1.165, 1.54) is 6.07 Å². The van der Waals surface area contributed by atoms with E-state index in [1.807, 2.05) is 0 Å². The fourth-order valence-electron chi connectivity index (χ4n) is 0.719. The van der Waals surface area contributed by atoms with E-state index in [1.54, 1.807) is 0 Å². The predicted molar refractivity (Wildman–Crippen MR) is 43.4 cm³/mol. The molecular formula is C7H4BrF2NO. The fourth-order valence-corrected chi connectivity index (χ4v) is 1.06. The van der Waals surface area contributed by atoms with E-state index in [-0.39, 0.29) is 10.0 Å². The molecule has 0 bridgehead atoms. The fraction of sp³-hybridized carbons (Fsp3) is 0. The lowest BCUT2D eigenvalue weighted by Gasteiger charge is -1.99. The monoisotopic (exact) mass is 235 g/mol. The first-order valence-electron chi connectivity index (χ1n) is 2.97. The summed E-state index contributed by atoms with van der Waals surface area (Å²) in [5.41, 5.74) is -0.369. The lowest BCUT2D eigenvalue weighted by Crippen LogP contribution is -1.94. The molecule has 0 atom stereocenters. The number of benzene rings is 1. The van der Waals surface area contributed by atoms with Crippen LogP contribution in [-0.4, -0.2) is 11.4 Å². The Labute approximate surface area is 75.6 Å². The molecule has 0 radical (unpaired) electrons. The summed E-state index contributed by atoms with van der Waals surface area (Å²) in [5.74, 6) is -1.55. The number of oxime groups is 1. The van der Waals surface area contributed by atoms with Gasteiger partial charge in [-0.1, -0.05) is 5.16 Å². The topological polar surface area (TPSA) is 32.6 Å². The molecule has 0 aliphatic carbocycles. The second kappa shape index (κ2) is 3.62. The average molecular weight is 236 g/mol. The zero-order valence-electron chi connectivity index (χ0n) is 5.76. The summed E-state index contributed by atoms with van der Waals surface area (Å²) in [5, 5.41) is 10.6. The van der Waals surface area contributed by atoms with Crippen LogP contribution in [0.3, 0.4) is 0 Å². The van der Waals surface area contributed by atoms with Gasteiger partial charge in [0.15, 0.2) is 0 Å². The van der Waals surface area contributed by atoms with Gasteiger partial charge in [-0.2, -0.15) is 0 Å². The van der Waals surface area contributed by atoms with Gasteiger partial charge in [0, 0.05) is 0 Å². The molecule has 64 valence electrons. The third-order valence-electron chi connectivity index (χ3n) is 1.27. The van der Waals surface area contributed by atoms with Crippen molar-refractivity contribution in [3.8, 4) is 0 Å². The van der Waals surface area contributed by atoms with Gasteiger partial charge in [-0.3, -0.25) is 0 Å². The van der Waals surface area contributed by atoms with E-state index in [0.29, 0.717) is 6.21 Å². The molecule has 5 heteroatoms. The van der Waals surface area contributed by atoms with Crippen LogP contribution in [0.25, 0.3) is 0 Å². The summed E-state index contributed by atoms with van der Waals surface area (Å²) >= 11 is 2.87. The van der Waals surface area contributed by atoms with E-state index in [0.717, 1.165) is 6.07 Å². The van der Waals surface area contributed by atoms with Crippen molar-refractivity contribution in [3.63, 3.8) is 0 Å². The average Bonchev–Trinajstić information content (AvgIpc) is 2.06. The maximum absolute atomic E-state index is 13.0. The van der Waals surface area contributed by atoms with Crippen molar-refractivity contribution in [1.29, 1.82) is 0 Å². The van der Waals surface area contributed by atoms with Crippen molar-refractivity contribution >= 4 is 22.1 Å². The molecule has 0 saturated carbocycles. The summed E-state index contributed by atoms with van der Waals surface area (Å²) in [6.07, 6.45) is 0.704. The zero-order chi connectivity index (χ0) is 9.14. The summed E-state index contributed by atoms with van der Waals surface area (Å²) < 4.78 is 25.8. The Morgan fingerprint density at radius 3 is 2.67 bits per heavy atom. The van der Waals surface area contributed by atoms with Gasteiger partial charge in [0.1, 0.15) is 11.6 Å². The summed E-state index contributed by atoms with van der Waals surface area (Å²) in [7, 11) is 0. The van der Waals surface area contributed by atoms with E-state index in [9.17, 15) is 8.78 Å². The number of halogens is 3. The van der Waals surface area contributed by atoms with Gasteiger partial charge >= 0.3 is 0 Å². The minimum Gasteiger partial charge on any atom is -0.411 e. The van der Waals surface area contributed by atoms with Gasteiger partial charge in [-0.05, 0) is 28.1 Å². The molecule has 1 N–H and O–H groups in total. The van der Waals surface area contributed by atoms with E-state index in [4.69, 9.17) is 5.21 Å². The summed E-state index contributed by atoms with van der Waals surface area (Å²) in [6, 6.07) is 2.31. The van der Waals surface area contributed by atoms with Crippen molar-refractivity contribution in [2.45, 2.75) is 0 Å². The molecule has 0 heterocycles. The van der Waals surface area contributed by atoms with Crippen LogP contribution in [0.2, 0.25) is 0 Å². The molecule has 0 fully saturated rings. The summed E-state index contributed by atoms with van der Waals surface area (Å²) in [6.45, 7) is 0. The van der Waals surface area contributed by atoms with Gasteiger partial charge in [0.2, 0.25) is 0 Å². The molecule has 0 spiro atoms. The first-order valence-corrected chi connectivity index (χ1v) is 3.77. The highest BCUT2D eigenvalue weighted by atomic mass is 79.9. The van der Waals surface area contributed by atoms with Crippen LogP contribution in [0.4, 0.5) is 8.78 Å². The predicted octanol–water partition coefficient (Wildman–Crippen LogP) is 2.54. The molecule has 0 aliphatic heterocycles. The highest BCUT2D eigenvalue weighted by Crippen LogP contribution is 2.19. The standard InChI is InChI=1S/C7H4BrF2NO/c8-5-1-2-6(9)4(3-11-12)7(5)10/h1-3,12H. The lowest BCUT2D eigenvalue weighted by molar-refractivity contribution is 0.321. The minimum absolute atomic E-state index is 0.124. The number of hydrogen-bond acceptors (Lipinski definition) is 2. The Bertz CT molecular complexity index is 327. The second-order valence-electron chi connectivity index (χ2n) is 2.00. The van der Waals surface area contributed by atoms with Crippen LogP contribution in [-0.2, 0) is 0 Å². The molecule has 0 saturated heterocycles. The molecule has 1 rings (SSSR count). The van der Waals surface area contributed by atoms with Gasteiger partial charge in [0.05, 0.1) is 16.3 Å². The molecular weight excluding hydrogens is 232 g/mol. The van der Waals surface area contributed by atoms with Gasteiger partial charge < -0.3 is 5.21 Å². The Kier molecular flexibility index (Phi) is 2.75. The molecule has 12 heavy (non-hydrogen) atoms. The van der Waals surface area contributed by atoms with Crippen molar-refractivity contribution in [2.24, 2.45) is 5.16 Å². The Balaban J connectivity index is 3.32. The highest BCUT2D eigenvalue weighted by Gasteiger charge is 2.09. The van der Waals surface area contributed by atoms with Crippen molar-refractivity contribution in [2.75, 3.05) is 0 Å². The maximum Gasteiger partial charge on any atom is 0.149 e. The molecule has 0 aliphatic rings. The second-order valence-corrected chi connectivity index (χ2v) is 2.86. The van der Waals surface area contributed by atoms with Gasteiger partial charge in [-0.25, -0.2) is 8.78 Å². The quantitative estimate of drug-likeness (QED) is 0.345. The minimum atomic E-state index is -0.784. The maximum atomic E-state index is 13.0. The first kappa shape index (κ1) is 9.12. The van der Waals surface area contributed by atoms with Crippen LogP contribution in [0.5, 0.6) is 0 Å². The highest BCUT2D eigenvalue weighted by molar-refractivity contribution is 9.10. The van der Waals surface area contributed by atoms with Gasteiger partial charge in [0.25, 0.3) is 0 Å². The molecule has 0 amide bonds. The summed E-state index contributed by atoms with van der Waals surface area (Å²) in [4.78, 5) is 0. The normalized spacial score (nSPS) is 10.9. The molecule has 1 aromatic rings. The van der Waals surface area contributed by atoms with E-state index >= 15 is 0 Å². The third-order valence-corrected chi connectivity index (χ3v) is 1.88. The van der Waals surface area contributed by atoms with Crippen LogP contribution in [0.15, 0.2) is 21.8 Å². The largest absolute Gasteiger partial charge is 0.411 e.